The molecule has 0 N–H and O–H groups in total. The van der Waals surface area contributed by atoms with Crippen LogP contribution in [0.15, 0.2) is 48.5 Å². The highest BCUT2D eigenvalue weighted by molar-refractivity contribution is 5.95. The SMILES string of the molecule is COCOc1ccc(C(=O)N2CCCN2C(=O)OCc2ccccc2)cc1OC. The summed E-state index contributed by atoms with van der Waals surface area (Å²) in [6.07, 6.45) is 0.130. The van der Waals surface area contributed by atoms with E-state index in [2.05, 4.69) is 0 Å². The van der Waals surface area contributed by atoms with Crippen molar-refractivity contribution in [3.63, 3.8) is 0 Å². The summed E-state index contributed by atoms with van der Waals surface area (Å²) in [6.45, 7) is 1.07. The average molecular weight is 400 g/mol. The van der Waals surface area contributed by atoms with E-state index in [-0.39, 0.29) is 19.3 Å². The van der Waals surface area contributed by atoms with Gasteiger partial charge in [0.25, 0.3) is 5.91 Å². The third kappa shape index (κ3) is 4.97. The minimum atomic E-state index is -0.549. The Morgan fingerprint density at radius 1 is 0.966 bits per heavy atom. The molecule has 8 heteroatoms. The molecule has 0 unspecified atom stereocenters. The Kier molecular flexibility index (Phi) is 6.91. The lowest BCUT2D eigenvalue weighted by molar-refractivity contribution is 0.0110. The summed E-state index contributed by atoms with van der Waals surface area (Å²) in [5, 5.41) is 2.74. The third-order valence-electron chi connectivity index (χ3n) is 4.42. The molecular formula is C21H24N2O6. The maximum atomic E-state index is 13.0. The van der Waals surface area contributed by atoms with Crippen LogP contribution in [0.2, 0.25) is 0 Å². The van der Waals surface area contributed by atoms with Crippen LogP contribution < -0.4 is 9.47 Å². The van der Waals surface area contributed by atoms with Gasteiger partial charge in [-0.2, -0.15) is 0 Å². The Hall–Kier alpha value is -3.26. The highest BCUT2D eigenvalue weighted by Crippen LogP contribution is 2.29. The third-order valence-corrected chi connectivity index (χ3v) is 4.42. The summed E-state index contributed by atoms with van der Waals surface area (Å²) in [5.41, 5.74) is 1.27. The molecule has 0 spiro atoms. The number of methoxy groups -OCH3 is 2. The van der Waals surface area contributed by atoms with Gasteiger partial charge in [0.2, 0.25) is 0 Å². The standard InChI is InChI=1S/C21H24N2O6/c1-26-15-29-18-10-9-17(13-19(18)27-2)20(24)22-11-6-12-23(22)21(25)28-14-16-7-4-3-5-8-16/h3-5,7-10,13H,6,11-12,14-15H2,1-2H3. The molecule has 0 atom stereocenters. The van der Waals surface area contributed by atoms with Crippen LogP contribution >= 0.6 is 0 Å². The highest BCUT2D eigenvalue weighted by Gasteiger charge is 2.32. The van der Waals surface area contributed by atoms with E-state index in [9.17, 15) is 9.59 Å². The van der Waals surface area contributed by atoms with Gasteiger partial charge in [0.1, 0.15) is 6.61 Å². The second kappa shape index (κ2) is 9.79. The van der Waals surface area contributed by atoms with E-state index in [0.717, 1.165) is 5.56 Å². The molecule has 2 aromatic rings. The van der Waals surface area contributed by atoms with Crippen molar-refractivity contribution in [2.75, 3.05) is 34.1 Å². The number of amides is 2. The fourth-order valence-electron chi connectivity index (χ4n) is 3.00. The van der Waals surface area contributed by atoms with Crippen molar-refractivity contribution < 1.29 is 28.5 Å². The molecule has 29 heavy (non-hydrogen) atoms. The maximum absolute atomic E-state index is 13.0. The molecule has 1 heterocycles. The highest BCUT2D eigenvalue weighted by atomic mass is 16.7. The first-order chi connectivity index (χ1) is 14.1. The molecule has 154 valence electrons. The lowest BCUT2D eigenvalue weighted by Gasteiger charge is -2.27. The number of hydrogen-bond acceptors (Lipinski definition) is 6. The van der Waals surface area contributed by atoms with Crippen LogP contribution in [0.3, 0.4) is 0 Å². The van der Waals surface area contributed by atoms with Crippen LogP contribution in [0, 0.1) is 0 Å². The van der Waals surface area contributed by atoms with E-state index < -0.39 is 6.09 Å². The molecule has 1 saturated heterocycles. The van der Waals surface area contributed by atoms with E-state index in [1.54, 1.807) is 18.2 Å². The lowest BCUT2D eigenvalue weighted by atomic mass is 10.2. The molecule has 8 nitrogen and oxygen atoms in total. The summed E-state index contributed by atoms with van der Waals surface area (Å²) in [6, 6.07) is 14.2. The second-order valence-electron chi connectivity index (χ2n) is 6.36. The van der Waals surface area contributed by atoms with Gasteiger partial charge in [-0.1, -0.05) is 30.3 Å². The Morgan fingerprint density at radius 3 is 2.45 bits per heavy atom. The fraction of sp³-hybridized carbons (Fsp3) is 0.333. The van der Waals surface area contributed by atoms with Gasteiger partial charge in [-0.25, -0.2) is 14.8 Å². The molecule has 0 bridgehead atoms. The number of benzene rings is 2. The molecule has 1 fully saturated rings. The predicted molar refractivity (Wildman–Crippen MR) is 104 cm³/mol. The second-order valence-corrected chi connectivity index (χ2v) is 6.36. The molecule has 0 aliphatic carbocycles. The Labute approximate surface area is 169 Å². The number of carbonyl (C=O) groups is 2. The molecule has 2 aromatic carbocycles. The zero-order valence-corrected chi connectivity index (χ0v) is 16.5. The van der Waals surface area contributed by atoms with E-state index in [4.69, 9.17) is 18.9 Å². The van der Waals surface area contributed by atoms with Gasteiger partial charge in [0.15, 0.2) is 18.3 Å². The number of hydrogen-bond donors (Lipinski definition) is 0. The largest absolute Gasteiger partial charge is 0.493 e. The summed E-state index contributed by atoms with van der Waals surface area (Å²) in [5.74, 6) is 0.563. The van der Waals surface area contributed by atoms with Crippen molar-refractivity contribution in [2.24, 2.45) is 0 Å². The van der Waals surface area contributed by atoms with Crippen LogP contribution in [-0.4, -0.2) is 56.1 Å². The Morgan fingerprint density at radius 2 is 1.72 bits per heavy atom. The smallest absolute Gasteiger partial charge is 0.429 e. The first-order valence-corrected chi connectivity index (χ1v) is 9.24. The monoisotopic (exact) mass is 400 g/mol. The number of carbonyl (C=O) groups excluding carboxylic acids is 2. The average Bonchev–Trinajstić information content (AvgIpc) is 3.26. The Balaban J connectivity index is 1.68. The van der Waals surface area contributed by atoms with Crippen molar-refractivity contribution in [3.05, 3.63) is 59.7 Å². The van der Waals surface area contributed by atoms with Crippen LogP contribution in [0.1, 0.15) is 22.3 Å². The molecule has 1 aliphatic rings. The fourth-order valence-corrected chi connectivity index (χ4v) is 3.00. The minimum Gasteiger partial charge on any atom is -0.493 e. The van der Waals surface area contributed by atoms with Crippen LogP contribution in [0.25, 0.3) is 0 Å². The Bertz CT molecular complexity index is 842. The molecule has 3 rings (SSSR count). The molecule has 0 saturated carbocycles. The lowest BCUT2D eigenvalue weighted by Crippen LogP contribution is -2.45. The van der Waals surface area contributed by atoms with Crippen LogP contribution in [0.4, 0.5) is 4.79 Å². The van der Waals surface area contributed by atoms with Gasteiger partial charge in [0.05, 0.1) is 7.11 Å². The van der Waals surface area contributed by atoms with Crippen molar-refractivity contribution in [2.45, 2.75) is 13.0 Å². The molecule has 2 amide bonds. The first kappa shape index (κ1) is 20.5. The van der Waals surface area contributed by atoms with Gasteiger partial charge in [-0.05, 0) is 30.2 Å². The summed E-state index contributed by atoms with van der Waals surface area (Å²) in [4.78, 5) is 25.5. The quantitative estimate of drug-likeness (QED) is 0.665. The minimum absolute atomic E-state index is 0.0663. The number of rotatable bonds is 7. The van der Waals surface area contributed by atoms with Crippen molar-refractivity contribution >= 4 is 12.0 Å². The van der Waals surface area contributed by atoms with Crippen molar-refractivity contribution in [1.29, 1.82) is 0 Å². The normalized spacial score (nSPS) is 13.3. The summed E-state index contributed by atoms with van der Waals surface area (Å²) < 4.78 is 21.0. The van der Waals surface area contributed by atoms with E-state index in [1.165, 1.54) is 24.2 Å². The number of ether oxygens (including phenoxy) is 4. The first-order valence-electron chi connectivity index (χ1n) is 9.24. The van der Waals surface area contributed by atoms with E-state index >= 15 is 0 Å². The van der Waals surface area contributed by atoms with Crippen molar-refractivity contribution in [1.82, 2.24) is 10.0 Å². The zero-order valence-electron chi connectivity index (χ0n) is 16.5. The van der Waals surface area contributed by atoms with Crippen LogP contribution in [0.5, 0.6) is 11.5 Å². The van der Waals surface area contributed by atoms with Gasteiger partial charge in [-0.15, -0.1) is 0 Å². The molecule has 1 aliphatic heterocycles. The van der Waals surface area contributed by atoms with Gasteiger partial charge in [0, 0.05) is 25.8 Å². The molecule has 0 radical (unpaired) electrons. The number of hydrazine groups is 1. The topological polar surface area (TPSA) is 77.5 Å². The van der Waals surface area contributed by atoms with Gasteiger partial charge >= 0.3 is 6.09 Å². The summed E-state index contributed by atoms with van der Waals surface area (Å²) >= 11 is 0. The molecular weight excluding hydrogens is 376 g/mol. The summed E-state index contributed by atoms with van der Waals surface area (Å²) in [7, 11) is 3.01. The molecule has 0 aromatic heterocycles. The van der Waals surface area contributed by atoms with E-state index in [0.29, 0.717) is 36.6 Å². The van der Waals surface area contributed by atoms with Gasteiger partial charge in [-0.3, -0.25) is 4.79 Å². The van der Waals surface area contributed by atoms with Crippen molar-refractivity contribution in [3.8, 4) is 11.5 Å². The maximum Gasteiger partial charge on any atom is 0.429 e. The predicted octanol–water partition coefficient (Wildman–Crippen LogP) is 3.08. The zero-order chi connectivity index (χ0) is 20.6. The van der Waals surface area contributed by atoms with E-state index in [1.807, 2.05) is 30.3 Å². The van der Waals surface area contributed by atoms with Crippen LogP contribution in [-0.2, 0) is 16.1 Å². The number of nitrogens with zero attached hydrogens (tertiary/aromatic N) is 2. The van der Waals surface area contributed by atoms with Gasteiger partial charge < -0.3 is 18.9 Å².